The molecular formula is C24H30N6O3. The summed E-state index contributed by atoms with van der Waals surface area (Å²) in [6.45, 7) is 3.20. The predicted octanol–water partition coefficient (Wildman–Crippen LogP) is 1.81. The zero-order chi connectivity index (χ0) is 23.0. The van der Waals surface area contributed by atoms with Gasteiger partial charge in [-0.25, -0.2) is 4.98 Å². The van der Waals surface area contributed by atoms with Crippen LogP contribution in [0.5, 0.6) is 0 Å². The molecule has 0 bridgehead atoms. The highest BCUT2D eigenvalue weighted by Crippen LogP contribution is 2.48. The van der Waals surface area contributed by atoms with Crippen LogP contribution in [0.25, 0.3) is 0 Å². The molecule has 2 aliphatic heterocycles. The zero-order valence-electron chi connectivity index (χ0n) is 18.7. The molecule has 0 unspecified atom stereocenters. The van der Waals surface area contributed by atoms with Crippen LogP contribution in [0.1, 0.15) is 44.1 Å². The monoisotopic (exact) mass is 450 g/mol. The largest absolute Gasteiger partial charge is 0.619 e. The van der Waals surface area contributed by atoms with Gasteiger partial charge in [-0.1, -0.05) is 0 Å². The van der Waals surface area contributed by atoms with E-state index in [4.69, 9.17) is 5.73 Å². The number of nitrogens with zero attached hydrogens (tertiary/aromatic N) is 4. The van der Waals surface area contributed by atoms with E-state index in [0.29, 0.717) is 35.4 Å². The number of likely N-dealkylation sites (tertiary alicyclic amines) is 1. The molecule has 3 aliphatic rings. The smallest absolute Gasteiger partial charge is 0.235 e. The van der Waals surface area contributed by atoms with E-state index in [0.717, 1.165) is 51.1 Å². The van der Waals surface area contributed by atoms with Crippen LogP contribution in [0, 0.1) is 11.1 Å². The Hall–Kier alpha value is -3.36. The van der Waals surface area contributed by atoms with E-state index in [2.05, 4.69) is 15.2 Å². The lowest BCUT2D eigenvalue weighted by molar-refractivity contribution is -0.606. The van der Waals surface area contributed by atoms with Crippen molar-refractivity contribution in [3.63, 3.8) is 0 Å². The normalized spacial score (nSPS) is 21.6. The van der Waals surface area contributed by atoms with Gasteiger partial charge in [0.25, 0.3) is 0 Å². The number of hydrogen-bond donors (Lipinski definition) is 2. The maximum atomic E-state index is 13.0. The number of hydrogen-bond acceptors (Lipinski definition) is 6. The van der Waals surface area contributed by atoms with Gasteiger partial charge in [-0.15, -0.1) is 0 Å². The summed E-state index contributed by atoms with van der Waals surface area (Å²) in [6, 6.07) is 7.08. The third-order valence-electron chi connectivity index (χ3n) is 7.18. The van der Waals surface area contributed by atoms with E-state index in [9.17, 15) is 14.8 Å². The number of anilines is 3. The molecule has 0 spiro atoms. The predicted molar refractivity (Wildman–Crippen MR) is 124 cm³/mol. The van der Waals surface area contributed by atoms with Gasteiger partial charge >= 0.3 is 0 Å². The molecule has 5 rings (SSSR count). The Kier molecular flexibility index (Phi) is 5.55. The van der Waals surface area contributed by atoms with E-state index < -0.39 is 5.41 Å². The molecule has 174 valence electrons. The van der Waals surface area contributed by atoms with Gasteiger partial charge in [0, 0.05) is 37.8 Å². The SMILES string of the molecule is Nc1nc(N2CCC[C@@H](C(=O)N3CCCC3)C2)ccc1NC(=O)C1(c2ccc[n+]([O-])c2)CC1. The molecular weight excluding hydrogens is 420 g/mol. The molecule has 3 N–H and O–H groups in total. The number of amides is 2. The second-order valence-corrected chi connectivity index (χ2v) is 9.41. The van der Waals surface area contributed by atoms with Crippen LogP contribution >= 0.6 is 0 Å². The van der Waals surface area contributed by atoms with Crippen molar-refractivity contribution in [1.82, 2.24) is 9.88 Å². The molecule has 2 aromatic rings. The van der Waals surface area contributed by atoms with Crippen molar-refractivity contribution in [1.29, 1.82) is 0 Å². The van der Waals surface area contributed by atoms with Gasteiger partial charge in [0.05, 0.1) is 17.0 Å². The molecule has 1 saturated carbocycles. The highest BCUT2D eigenvalue weighted by molar-refractivity contribution is 6.02. The first-order valence-electron chi connectivity index (χ1n) is 11.8. The van der Waals surface area contributed by atoms with Crippen LogP contribution in [0.4, 0.5) is 17.3 Å². The van der Waals surface area contributed by atoms with Gasteiger partial charge in [-0.05, 0) is 56.7 Å². The number of carbonyl (C=O) groups is 2. The number of nitrogens with two attached hydrogens (primary N) is 1. The molecule has 0 radical (unpaired) electrons. The molecule has 1 aliphatic carbocycles. The van der Waals surface area contributed by atoms with Crippen molar-refractivity contribution >= 4 is 29.1 Å². The van der Waals surface area contributed by atoms with E-state index >= 15 is 0 Å². The number of nitrogens with one attached hydrogen (secondary N) is 1. The van der Waals surface area contributed by atoms with E-state index in [1.54, 1.807) is 12.1 Å². The van der Waals surface area contributed by atoms with Crippen LogP contribution in [-0.4, -0.2) is 47.9 Å². The lowest BCUT2D eigenvalue weighted by Gasteiger charge is -2.34. The zero-order valence-corrected chi connectivity index (χ0v) is 18.7. The maximum absolute atomic E-state index is 13.0. The first-order valence-corrected chi connectivity index (χ1v) is 11.8. The minimum Gasteiger partial charge on any atom is -0.619 e. The average molecular weight is 451 g/mol. The van der Waals surface area contributed by atoms with Crippen LogP contribution < -0.4 is 20.7 Å². The van der Waals surface area contributed by atoms with Gasteiger partial charge in [-0.2, -0.15) is 4.73 Å². The molecule has 2 aromatic heterocycles. The third-order valence-corrected chi connectivity index (χ3v) is 7.18. The van der Waals surface area contributed by atoms with Crippen molar-refractivity contribution in [2.45, 2.75) is 43.9 Å². The highest BCUT2D eigenvalue weighted by Gasteiger charge is 2.52. The maximum Gasteiger partial charge on any atom is 0.235 e. The Labute approximate surface area is 193 Å². The molecule has 3 fully saturated rings. The van der Waals surface area contributed by atoms with Crippen molar-refractivity contribution < 1.29 is 14.3 Å². The molecule has 4 heterocycles. The first kappa shape index (κ1) is 21.5. The number of aromatic nitrogens is 2. The van der Waals surface area contributed by atoms with E-state index in [-0.39, 0.29) is 23.6 Å². The van der Waals surface area contributed by atoms with Crippen molar-refractivity contribution in [2.24, 2.45) is 5.92 Å². The Balaban J connectivity index is 1.26. The number of rotatable bonds is 5. The fraction of sp³-hybridized carbons (Fsp3) is 0.500. The second-order valence-electron chi connectivity index (χ2n) is 9.41. The van der Waals surface area contributed by atoms with Gasteiger partial charge in [0.1, 0.15) is 11.6 Å². The van der Waals surface area contributed by atoms with Crippen molar-refractivity contribution in [3.05, 3.63) is 47.4 Å². The van der Waals surface area contributed by atoms with Crippen LogP contribution in [0.3, 0.4) is 0 Å². The average Bonchev–Trinajstić information content (AvgIpc) is 3.46. The molecule has 33 heavy (non-hydrogen) atoms. The van der Waals surface area contributed by atoms with E-state index in [1.165, 1.54) is 12.4 Å². The summed E-state index contributed by atoms with van der Waals surface area (Å²) in [5, 5.41) is 14.6. The fourth-order valence-electron chi connectivity index (χ4n) is 5.08. The lowest BCUT2D eigenvalue weighted by Crippen LogP contribution is -2.44. The van der Waals surface area contributed by atoms with E-state index in [1.807, 2.05) is 17.0 Å². The third kappa shape index (κ3) is 4.19. The Bertz CT molecular complexity index is 1060. The summed E-state index contributed by atoms with van der Waals surface area (Å²) in [5.74, 6) is 1.04. The summed E-state index contributed by atoms with van der Waals surface area (Å²) in [7, 11) is 0. The number of nitrogen functional groups attached to an aromatic ring is 1. The van der Waals surface area contributed by atoms with Gasteiger partial charge in [0.2, 0.25) is 11.8 Å². The molecule has 0 aromatic carbocycles. The number of pyridine rings is 2. The van der Waals surface area contributed by atoms with Gasteiger partial charge in [0.15, 0.2) is 12.4 Å². The standard InChI is InChI=1S/C24H30N6O3/c25-21-19(26-23(32)24(9-10-24)18-6-4-14-30(33)16-18)7-8-20(27-21)29-13-3-5-17(15-29)22(31)28-11-1-2-12-28/h4,6-8,14,16-17H,1-3,5,9-13,15H2,(H2,25,27)(H,26,32)/t17-/m1/s1. The molecule has 1 atom stereocenters. The van der Waals surface area contributed by atoms with Gasteiger partial charge < -0.3 is 26.1 Å². The summed E-state index contributed by atoms with van der Waals surface area (Å²) >= 11 is 0. The molecule has 9 nitrogen and oxygen atoms in total. The van der Waals surface area contributed by atoms with Crippen LogP contribution in [0.15, 0.2) is 36.7 Å². The summed E-state index contributed by atoms with van der Waals surface area (Å²) in [4.78, 5) is 34.5. The van der Waals surface area contributed by atoms with Crippen LogP contribution in [0.2, 0.25) is 0 Å². The number of piperidine rings is 1. The highest BCUT2D eigenvalue weighted by atomic mass is 16.5. The van der Waals surface area contributed by atoms with Crippen LogP contribution in [-0.2, 0) is 15.0 Å². The van der Waals surface area contributed by atoms with Crippen molar-refractivity contribution in [2.75, 3.05) is 42.1 Å². The summed E-state index contributed by atoms with van der Waals surface area (Å²) < 4.78 is 0.716. The molecule has 9 heteroatoms. The minimum atomic E-state index is -0.686. The summed E-state index contributed by atoms with van der Waals surface area (Å²) in [6.07, 6.45) is 8.26. The molecule has 2 saturated heterocycles. The topological polar surface area (TPSA) is 118 Å². The Morgan fingerprint density at radius 3 is 2.64 bits per heavy atom. The lowest BCUT2D eigenvalue weighted by atomic mass is 9.96. The second kappa shape index (κ2) is 8.53. The van der Waals surface area contributed by atoms with Crippen molar-refractivity contribution in [3.8, 4) is 0 Å². The fourth-order valence-corrected chi connectivity index (χ4v) is 5.08. The number of carbonyl (C=O) groups excluding carboxylic acids is 2. The van der Waals surface area contributed by atoms with Gasteiger partial charge in [-0.3, -0.25) is 9.59 Å². The molecule has 2 amide bonds. The minimum absolute atomic E-state index is 0.0105. The Morgan fingerprint density at radius 2 is 1.94 bits per heavy atom. The quantitative estimate of drug-likeness (QED) is 0.530. The summed E-state index contributed by atoms with van der Waals surface area (Å²) in [5.41, 5.74) is 6.70. The first-order chi connectivity index (χ1) is 16.0. The Morgan fingerprint density at radius 1 is 1.15 bits per heavy atom.